The monoisotopic (exact) mass is 259 g/mol. The topological polar surface area (TPSA) is 81.0 Å². The van der Waals surface area contributed by atoms with Gasteiger partial charge in [0.25, 0.3) is 5.56 Å². The van der Waals surface area contributed by atoms with Crippen LogP contribution >= 0.6 is 0 Å². The van der Waals surface area contributed by atoms with Crippen LogP contribution in [0.2, 0.25) is 0 Å². The summed E-state index contributed by atoms with van der Waals surface area (Å²) in [5.74, 6) is 1.45. The number of aryl methyl sites for hydroxylation is 1. The summed E-state index contributed by atoms with van der Waals surface area (Å²) in [7, 11) is 1.63. The van der Waals surface area contributed by atoms with Gasteiger partial charge in [0.15, 0.2) is 0 Å². The van der Waals surface area contributed by atoms with Gasteiger partial charge in [-0.2, -0.15) is 0 Å². The number of hydrogen-bond acceptors (Lipinski definition) is 4. The van der Waals surface area contributed by atoms with E-state index in [2.05, 4.69) is 9.97 Å². The van der Waals surface area contributed by atoms with Gasteiger partial charge in [0.05, 0.1) is 12.7 Å². The number of nitrogens with one attached hydrogen (secondary N) is 1. The minimum absolute atomic E-state index is 0.154. The van der Waals surface area contributed by atoms with Gasteiger partial charge in [-0.3, -0.25) is 4.79 Å². The summed E-state index contributed by atoms with van der Waals surface area (Å²) in [5, 5.41) is 0. The molecule has 1 aromatic carbocycles. The molecule has 0 atom stereocenters. The molecule has 0 fully saturated rings. The van der Waals surface area contributed by atoms with E-state index in [0.29, 0.717) is 23.5 Å². The van der Waals surface area contributed by atoms with E-state index in [0.717, 1.165) is 11.3 Å². The first kappa shape index (κ1) is 13.3. The molecule has 19 heavy (non-hydrogen) atoms. The maximum Gasteiger partial charge on any atom is 0.255 e. The van der Waals surface area contributed by atoms with Crippen molar-refractivity contribution >= 4 is 0 Å². The van der Waals surface area contributed by atoms with Crippen LogP contribution in [0, 0.1) is 6.92 Å². The first-order chi connectivity index (χ1) is 9.13. The van der Waals surface area contributed by atoms with Crippen molar-refractivity contribution in [3.63, 3.8) is 0 Å². The molecule has 0 aliphatic heterocycles. The standard InChI is InChI=1S/C14H17N3O2/c1-9-12(8-15)14(18)17-13(16-9)7-10-3-5-11(19-2)6-4-10/h3-6H,7-8,15H2,1-2H3,(H,16,17,18). The molecule has 0 saturated carbocycles. The second-order valence-corrected chi connectivity index (χ2v) is 4.31. The molecular weight excluding hydrogens is 242 g/mol. The molecule has 2 aromatic rings. The zero-order chi connectivity index (χ0) is 13.8. The van der Waals surface area contributed by atoms with Crippen LogP contribution < -0.4 is 16.0 Å². The third kappa shape index (κ3) is 3.00. The predicted molar refractivity (Wildman–Crippen MR) is 73.3 cm³/mol. The van der Waals surface area contributed by atoms with Crippen molar-refractivity contribution in [2.24, 2.45) is 5.73 Å². The number of methoxy groups -OCH3 is 1. The lowest BCUT2D eigenvalue weighted by Crippen LogP contribution is -2.21. The molecule has 0 saturated heterocycles. The smallest absolute Gasteiger partial charge is 0.255 e. The minimum atomic E-state index is -0.154. The molecule has 2 rings (SSSR count). The Morgan fingerprint density at radius 2 is 2.00 bits per heavy atom. The van der Waals surface area contributed by atoms with Crippen molar-refractivity contribution < 1.29 is 4.74 Å². The zero-order valence-electron chi connectivity index (χ0n) is 11.1. The summed E-state index contributed by atoms with van der Waals surface area (Å²) in [4.78, 5) is 18.9. The number of rotatable bonds is 4. The fourth-order valence-corrected chi connectivity index (χ4v) is 1.93. The number of nitrogens with two attached hydrogens (primary N) is 1. The van der Waals surface area contributed by atoms with Gasteiger partial charge in [-0.1, -0.05) is 12.1 Å². The quantitative estimate of drug-likeness (QED) is 0.862. The number of nitrogens with zero attached hydrogens (tertiary/aromatic N) is 1. The summed E-state index contributed by atoms with van der Waals surface area (Å²) in [6.45, 7) is 2.01. The average molecular weight is 259 g/mol. The van der Waals surface area contributed by atoms with Crippen molar-refractivity contribution in [3.05, 3.63) is 57.3 Å². The van der Waals surface area contributed by atoms with Crippen LogP contribution in [0.4, 0.5) is 0 Å². The van der Waals surface area contributed by atoms with E-state index < -0.39 is 0 Å². The summed E-state index contributed by atoms with van der Waals surface area (Å²) < 4.78 is 5.10. The van der Waals surface area contributed by atoms with Crippen LogP contribution in [0.5, 0.6) is 5.75 Å². The fraction of sp³-hybridized carbons (Fsp3) is 0.286. The minimum Gasteiger partial charge on any atom is -0.497 e. The van der Waals surface area contributed by atoms with Crippen LogP contribution in [0.3, 0.4) is 0 Å². The van der Waals surface area contributed by atoms with E-state index >= 15 is 0 Å². The Labute approximate surface area is 111 Å². The van der Waals surface area contributed by atoms with Crippen molar-refractivity contribution in [2.45, 2.75) is 19.9 Å². The molecule has 1 aromatic heterocycles. The SMILES string of the molecule is COc1ccc(Cc2nc(C)c(CN)c(=O)[nH]2)cc1. The summed E-state index contributed by atoms with van der Waals surface area (Å²) in [5.41, 5.74) is 7.65. The third-order valence-corrected chi connectivity index (χ3v) is 3.01. The number of benzene rings is 1. The Morgan fingerprint density at radius 1 is 1.32 bits per heavy atom. The second-order valence-electron chi connectivity index (χ2n) is 4.31. The number of aromatic amines is 1. The van der Waals surface area contributed by atoms with Crippen molar-refractivity contribution in [1.29, 1.82) is 0 Å². The molecule has 3 N–H and O–H groups in total. The average Bonchev–Trinajstić information content (AvgIpc) is 2.39. The number of ether oxygens (including phenoxy) is 1. The van der Waals surface area contributed by atoms with E-state index in [4.69, 9.17) is 10.5 Å². The lowest BCUT2D eigenvalue weighted by Gasteiger charge is -2.06. The lowest BCUT2D eigenvalue weighted by molar-refractivity contribution is 0.414. The highest BCUT2D eigenvalue weighted by Crippen LogP contribution is 2.13. The molecule has 100 valence electrons. The van der Waals surface area contributed by atoms with E-state index in [1.807, 2.05) is 24.3 Å². The fourth-order valence-electron chi connectivity index (χ4n) is 1.93. The maximum absolute atomic E-state index is 11.8. The van der Waals surface area contributed by atoms with Crippen molar-refractivity contribution in [1.82, 2.24) is 9.97 Å². The van der Waals surface area contributed by atoms with Crippen LogP contribution in [-0.4, -0.2) is 17.1 Å². The Hall–Kier alpha value is -2.14. The van der Waals surface area contributed by atoms with Crippen LogP contribution in [0.15, 0.2) is 29.1 Å². The molecule has 1 heterocycles. The largest absolute Gasteiger partial charge is 0.497 e. The predicted octanol–water partition coefficient (Wildman–Crippen LogP) is 1.14. The number of hydrogen-bond donors (Lipinski definition) is 2. The molecule has 5 heteroatoms. The van der Waals surface area contributed by atoms with Gasteiger partial charge in [0, 0.05) is 18.7 Å². The highest BCUT2D eigenvalue weighted by atomic mass is 16.5. The van der Waals surface area contributed by atoms with Crippen LogP contribution in [0.25, 0.3) is 0 Å². The normalized spacial score (nSPS) is 10.5. The Balaban J connectivity index is 2.25. The maximum atomic E-state index is 11.8. The van der Waals surface area contributed by atoms with E-state index in [-0.39, 0.29) is 12.1 Å². The number of aromatic nitrogens is 2. The van der Waals surface area contributed by atoms with Crippen molar-refractivity contribution in [3.8, 4) is 5.75 Å². The molecule has 0 aliphatic carbocycles. The van der Waals surface area contributed by atoms with E-state index in [1.54, 1.807) is 14.0 Å². The molecule has 0 unspecified atom stereocenters. The van der Waals surface area contributed by atoms with Gasteiger partial charge >= 0.3 is 0 Å². The molecular formula is C14H17N3O2. The Bertz CT molecular complexity index is 618. The number of H-pyrrole nitrogens is 1. The van der Waals surface area contributed by atoms with E-state index in [9.17, 15) is 4.79 Å². The van der Waals surface area contributed by atoms with Gasteiger partial charge in [-0.05, 0) is 24.6 Å². The Kier molecular flexibility index (Phi) is 3.97. The van der Waals surface area contributed by atoms with Crippen LogP contribution in [0.1, 0.15) is 22.6 Å². The summed E-state index contributed by atoms with van der Waals surface area (Å²) >= 11 is 0. The molecule has 0 aliphatic rings. The third-order valence-electron chi connectivity index (χ3n) is 3.01. The molecule has 0 spiro atoms. The van der Waals surface area contributed by atoms with Gasteiger partial charge in [-0.25, -0.2) is 4.98 Å². The van der Waals surface area contributed by atoms with Crippen molar-refractivity contribution in [2.75, 3.05) is 7.11 Å². The highest BCUT2D eigenvalue weighted by molar-refractivity contribution is 5.29. The zero-order valence-corrected chi connectivity index (χ0v) is 11.1. The lowest BCUT2D eigenvalue weighted by atomic mass is 10.1. The van der Waals surface area contributed by atoms with Gasteiger partial charge < -0.3 is 15.5 Å². The molecule has 0 amide bonds. The molecule has 0 radical (unpaired) electrons. The first-order valence-electron chi connectivity index (χ1n) is 6.05. The molecule has 0 bridgehead atoms. The van der Waals surface area contributed by atoms with Gasteiger partial charge in [0.2, 0.25) is 0 Å². The van der Waals surface area contributed by atoms with E-state index in [1.165, 1.54) is 0 Å². The highest BCUT2D eigenvalue weighted by Gasteiger charge is 2.07. The van der Waals surface area contributed by atoms with Gasteiger partial charge in [0.1, 0.15) is 11.6 Å². The van der Waals surface area contributed by atoms with Crippen LogP contribution in [-0.2, 0) is 13.0 Å². The summed E-state index contributed by atoms with van der Waals surface area (Å²) in [6.07, 6.45) is 0.574. The first-order valence-corrected chi connectivity index (χ1v) is 6.05. The van der Waals surface area contributed by atoms with Gasteiger partial charge in [-0.15, -0.1) is 0 Å². The Morgan fingerprint density at radius 3 is 2.53 bits per heavy atom. The summed E-state index contributed by atoms with van der Waals surface area (Å²) in [6, 6.07) is 7.67. The molecule has 5 nitrogen and oxygen atoms in total. The second kappa shape index (κ2) is 5.67.